The zero-order valence-corrected chi connectivity index (χ0v) is 9.43. The van der Waals surface area contributed by atoms with E-state index in [4.69, 9.17) is 5.21 Å². The molecule has 0 amide bonds. The number of anilines is 1. The van der Waals surface area contributed by atoms with Gasteiger partial charge in [0.25, 0.3) is 0 Å². The van der Waals surface area contributed by atoms with Gasteiger partial charge in [0.05, 0.1) is 23.5 Å². The van der Waals surface area contributed by atoms with Gasteiger partial charge in [0.15, 0.2) is 0 Å². The number of hydrogen-bond acceptors (Lipinski definition) is 4. The molecule has 0 spiro atoms. The quantitative estimate of drug-likeness (QED) is 0.581. The van der Waals surface area contributed by atoms with Crippen molar-refractivity contribution >= 4 is 22.4 Å². The molecular weight excluding hydrogens is 216 g/mol. The first-order chi connectivity index (χ1) is 8.38. The average Bonchev–Trinajstić information content (AvgIpc) is 2.82. The van der Waals surface area contributed by atoms with Crippen molar-refractivity contribution in [3.8, 4) is 0 Å². The molecule has 1 aliphatic heterocycles. The second kappa shape index (κ2) is 4.08. The van der Waals surface area contributed by atoms with Crippen molar-refractivity contribution in [2.75, 3.05) is 18.0 Å². The molecule has 0 atom stereocenters. The van der Waals surface area contributed by atoms with Gasteiger partial charge < -0.3 is 15.1 Å². The number of H-pyrrole nitrogens is 1. The van der Waals surface area contributed by atoms with Gasteiger partial charge in [0.2, 0.25) is 0 Å². The van der Waals surface area contributed by atoms with Crippen LogP contribution < -0.4 is 4.90 Å². The third-order valence-electron chi connectivity index (χ3n) is 3.16. The summed E-state index contributed by atoms with van der Waals surface area (Å²) in [4.78, 5) is 9.80. The van der Waals surface area contributed by atoms with Gasteiger partial charge in [-0.15, -0.1) is 0 Å². The predicted octanol–water partition coefficient (Wildman–Crippen LogP) is 1.99. The Balaban J connectivity index is 1.98. The summed E-state index contributed by atoms with van der Waals surface area (Å²) in [7, 11) is 0. The Labute approximate surface area is 98.8 Å². The fourth-order valence-electron chi connectivity index (χ4n) is 2.32. The van der Waals surface area contributed by atoms with Gasteiger partial charge in [0, 0.05) is 18.9 Å². The number of nitrogens with one attached hydrogen (secondary N) is 1. The first-order valence-corrected chi connectivity index (χ1v) is 5.75. The summed E-state index contributed by atoms with van der Waals surface area (Å²) in [5, 5.41) is 12.2. The molecule has 0 unspecified atom stereocenters. The first-order valence-electron chi connectivity index (χ1n) is 5.75. The minimum Gasteiger partial charge on any atom is -0.411 e. The molecule has 0 aromatic carbocycles. The van der Waals surface area contributed by atoms with Crippen LogP contribution in [-0.2, 0) is 0 Å². The van der Waals surface area contributed by atoms with Gasteiger partial charge in [-0.25, -0.2) is 0 Å². The molecule has 88 valence electrons. The van der Waals surface area contributed by atoms with Gasteiger partial charge >= 0.3 is 0 Å². The SMILES string of the molecule is O/N=C1\CCCN(c2c[nH]c3cccnc23)C1. The number of oxime groups is 1. The summed E-state index contributed by atoms with van der Waals surface area (Å²) in [6.07, 6.45) is 5.66. The molecule has 2 N–H and O–H groups in total. The molecule has 3 rings (SSSR count). The fraction of sp³-hybridized carbons (Fsp3) is 0.333. The number of fused-ring (bicyclic) bond motifs is 1. The molecule has 5 heteroatoms. The van der Waals surface area contributed by atoms with E-state index in [1.165, 1.54) is 0 Å². The minimum absolute atomic E-state index is 0.681. The van der Waals surface area contributed by atoms with Crippen LogP contribution in [0.15, 0.2) is 29.7 Å². The van der Waals surface area contributed by atoms with Crippen LogP contribution in [0.25, 0.3) is 11.0 Å². The van der Waals surface area contributed by atoms with Crippen LogP contribution in [0.2, 0.25) is 0 Å². The van der Waals surface area contributed by atoms with Crippen molar-refractivity contribution in [2.24, 2.45) is 5.16 Å². The molecule has 0 aliphatic carbocycles. The van der Waals surface area contributed by atoms with Crippen LogP contribution >= 0.6 is 0 Å². The summed E-state index contributed by atoms with van der Waals surface area (Å²) in [6.45, 7) is 1.66. The van der Waals surface area contributed by atoms with Gasteiger partial charge in [-0.1, -0.05) is 5.16 Å². The summed E-state index contributed by atoms with van der Waals surface area (Å²) in [6, 6.07) is 3.93. The van der Waals surface area contributed by atoms with Crippen molar-refractivity contribution in [2.45, 2.75) is 12.8 Å². The number of pyridine rings is 1. The van der Waals surface area contributed by atoms with Gasteiger partial charge in [-0.05, 0) is 25.0 Å². The van der Waals surface area contributed by atoms with Crippen LogP contribution in [0.4, 0.5) is 5.69 Å². The van der Waals surface area contributed by atoms with Crippen LogP contribution in [0.5, 0.6) is 0 Å². The number of rotatable bonds is 1. The highest BCUT2D eigenvalue weighted by atomic mass is 16.4. The van der Waals surface area contributed by atoms with Gasteiger partial charge in [-0.3, -0.25) is 4.98 Å². The largest absolute Gasteiger partial charge is 0.411 e. The molecule has 5 nitrogen and oxygen atoms in total. The van der Waals surface area contributed by atoms with Crippen LogP contribution in [0, 0.1) is 0 Å². The zero-order chi connectivity index (χ0) is 11.7. The molecule has 1 aliphatic rings. The van der Waals surface area contributed by atoms with E-state index in [0.717, 1.165) is 41.8 Å². The molecule has 0 radical (unpaired) electrons. The smallest absolute Gasteiger partial charge is 0.111 e. The second-order valence-electron chi connectivity index (χ2n) is 4.26. The van der Waals surface area contributed by atoms with E-state index < -0.39 is 0 Å². The highest BCUT2D eigenvalue weighted by Crippen LogP contribution is 2.26. The fourth-order valence-corrected chi connectivity index (χ4v) is 2.32. The maximum absolute atomic E-state index is 8.86. The molecule has 1 saturated heterocycles. The number of aromatic amines is 1. The Morgan fingerprint density at radius 1 is 1.47 bits per heavy atom. The highest BCUT2D eigenvalue weighted by Gasteiger charge is 2.19. The first kappa shape index (κ1) is 10.1. The Morgan fingerprint density at radius 3 is 3.29 bits per heavy atom. The van der Waals surface area contributed by atoms with E-state index in [1.807, 2.05) is 18.3 Å². The lowest BCUT2D eigenvalue weighted by Crippen LogP contribution is -2.35. The van der Waals surface area contributed by atoms with Gasteiger partial charge in [-0.2, -0.15) is 0 Å². The number of aromatic nitrogens is 2. The lowest BCUT2D eigenvalue weighted by atomic mass is 10.1. The Morgan fingerprint density at radius 2 is 2.41 bits per heavy atom. The van der Waals surface area contributed by atoms with E-state index in [1.54, 1.807) is 6.20 Å². The maximum atomic E-state index is 8.86. The topological polar surface area (TPSA) is 64.5 Å². The minimum atomic E-state index is 0.681. The Bertz CT molecular complexity index is 560. The average molecular weight is 230 g/mol. The number of piperidine rings is 1. The van der Waals surface area contributed by atoms with Crippen molar-refractivity contribution < 1.29 is 5.21 Å². The van der Waals surface area contributed by atoms with E-state index in [0.29, 0.717) is 6.54 Å². The third-order valence-corrected chi connectivity index (χ3v) is 3.16. The highest BCUT2D eigenvalue weighted by molar-refractivity contribution is 5.94. The van der Waals surface area contributed by atoms with E-state index in [-0.39, 0.29) is 0 Å². The van der Waals surface area contributed by atoms with Crippen LogP contribution in [0.3, 0.4) is 0 Å². The molecule has 0 bridgehead atoms. The Hall–Kier alpha value is -2.04. The van der Waals surface area contributed by atoms with Crippen molar-refractivity contribution in [1.82, 2.24) is 9.97 Å². The van der Waals surface area contributed by atoms with Crippen molar-refractivity contribution in [3.63, 3.8) is 0 Å². The van der Waals surface area contributed by atoms with E-state index >= 15 is 0 Å². The molecule has 3 heterocycles. The molecule has 1 fully saturated rings. The Kier molecular flexibility index (Phi) is 2.44. The summed E-state index contributed by atoms with van der Waals surface area (Å²) in [5.41, 5.74) is 3.94. The third kappa shape index (κ3) is 1.73. The molecule has 0 saturated carbocycles. The lowest BCUT2D eigenvalue weighted by Gasteiger charge is -2.28. The van der Waals surface area contributed by atoms with Crippen molar-refractivity contribution in [1.29, 1.82) is 0 Å². The van der Waals surface area contributed by atoms with E-state index in [2.05, 4.69) is 20.0 Å². The molecule has 17 heavy (non-hydrogen) atoms. The standard InChI is InChI=1S/C12H14N4O/c17-15-9-3-2-6-16(8-9)11-7-14-10-4-1-5-13-12(10)11/h1,4-5,7,14,17H,2-3,6,8H2/b15-9+. The predicted molar refractivity (Wildman–Crippen MR) is 66.8 cm³/mol. The maximum Gasteiger partial charge on any atom is 0.111 e. The summed E-state index contributed by atoms with van der Waals surface area (Å²) in [5.74, 6) is 0. The second-order valence-corrected chi connectivity index (χ2v) is 4.26. The number of hydrogen-bond donors (Lipinski definition) is 2. The molecule has 2 aromatic rings. The van der Waals surface area contributed by atoms with Gasteiger partial charge in [0.1, 0.15) is 5.52 Å². The normalized spacial score (nSPS) is 19.1. The van der Waals surface area contributed by atoms with Crippen LogP contribution in [-0.4, -0.2) is 34.0 Å². The van der Waals surface area contributed by atoms with Crippen molar-refractivity contribution in [3.05, 3.63) is 24.5 Å². The summed E-state index contributed by atoms with van der Waals surface area (Å²) < 4.78 is 0. The zero-order valence-electron chi connectivity index (χ0n) is 9.43. The lowest BCUT2D eigenvalue weighted by molar-refractivity contribution is 0.315. The van der Waals surface area contributed by atoms with E-state index in [9.17, 15) is 0 Å². The monoisotopic (exact) mass is 230 g/mol. The molecule has 2 aromatic heterocycles. The van der Waals surface area contributed by atoms with Crippen LogP contribution in [0.1, 0.15) is 12.8 Å². The molecular formula is C12H14N4O. The summed E-state index contributed by atoms with van der Waals surface area (Å²) >= 11 is 0. The number of nitrogens with zero attached hydrogens (tertiary/aromatic N) is 3.